The average molecular weight is 419 g/mol. The molecule has 31 heavy (non-hydrogen) atoms. The van der Waals surface area contributed by atoms with E-state index in [2.05, 4.69) is 15.4 Å². The minimum Gasteiger partial charge on any atom is -0.474 e. The number of hydrogen-bond acceptors (Lipinski definition) is 5. The number of nitrogens with two attached hydrogens (primary N) is 1. The molecule has 0 atom stereocenters. The van der Waals surface area contributed by atoms with Crippen LogP contribution in [0.3, 0.4) is 0 Å². The molecule has 0 aliphatic heterocycles. The molecule has 4 rings (SSSR count). The molecule has 0 saturated heterocycles. The number of amides is 2. The van der Waals surface area contributed by atoms with Crippen LogP contribution in [0, 0.1) is 0 Å². The van der Waals surface area contributed by atoms with Gasteiger partial charge in [-0.2, -0.15) is 5.10 Å². The van der Waals surface area contributed by atoms with E-state index in [0.717, 1.165) is 36.8 Å². The average Bonchev–Trinajstić information content (AvgIpc) is 3.22. The van der Waals surface area contributed by atoms with E-state index in [4.69, 9.17) is 10.5 Å². The minimum atomic E-state index is -0.558. The Morgan fingerprint density at radius 3 is 2.65 bits per heavy atom. The van der Waals surface area contributed by atoms with Gasteiger partial charge in [-0.1, -0.05) is 12.1 Å². The van der Waals surface area contributed by atoms with Crippen LogP contribution in [0.2, 0.25) is 0 Å². The van der Waals surface area contributed by atoms with Crippen molar-refractivity contribution < 1.29 is 14.3 Å². The number of primary amides is 1. The first kappa shape index (κ1) is 20.6. The van der Waals surface area contributed by atoms with E-state index in [9.17, 15) is 9.59 Å². The lowest BCUT2D eigenvalue weighted by Gasteiger charge is -2.29. The van der Waals surface area contributed by atoms with Gasteiger partial charge in [0.05, 0.1) is 6.20 Å². The maximum absolute atomic E-state index is 12.8. The summed E-state index contributed by atoms with van der Waals surface area (Å²) in [7, 11) is 1.86. The molecule has 1 fully saturated rings. The Balaban J connectivity index is 1.33. The number of carbonyl (C=O) groups excluding carboxylic acids is 2. The van der Waals surface area contributed by atoms with Gasteiger partial charge in [0.25, 0.3) is 11.8 Å². The lowest BCUT2D eigenvalue weighted by Crippen LogP contribution is -2.39. The number of hydrogen-bond donors (Lipinski definition) is 2. The first-order chi connectivity index (χ1) is 15.0. The van der Waals surface area contributed by atoms with E-state index >= 15 is 0 Å². The van der Waals surface area contributed by atoms with Crippen molar-refractivity contribution in [2.75, 3.05) is 0 Å². The summed E-state index contributed by atoms with van der Waals surface area (Å²) >= 11 is 0. The summed E-state index contributed by atoms with van der Waals surface area (Å²) in [5, 5.41) is 7.32. The van der Waals surface area contributed by atoms with Gasteiger partial charge in [0.15, 0.2) is 0 Å². The zero-order chi connectivity index (χ0) is 21.8. The number of aromatic nitrogens is 3. The summed E-state index contributed by atoms with van der Waals surface area (Å²) in [6.45, 7) is 0. The number of nitrogens with zero attached hydrogens (tertiary/aromatic N) is 3. The summed E-state index contributed by atoms with van der Waals surface area (Å²) in [6.07, 6.45) is 8.31. The Kier molecular flexibility index (Phi) is 5.97. The van der Waals surface area contributed by atoms with Crippen molar-refractivity contribution in [1.29, 1.82) is 0 Å². The lowest BCUT2D eigenvalue weighted by atomic mass is 9.92. The molecule has 160 valence electrons. The summed E-state index contributed by atoms with van der Waals surface area (Å²) in [4.78, 5) is 28.4. The van der Waals surface area contributed by atoms with E-state index in [0.29, 0.717) is 5.56 Å². The van der Waals surface area contributed by atoms with Crippen LogP contribution in [0.15, 0.2) is 55.0 Å². The van der Waals surface area contributed by atoms with E-state index in [-0.39, 0.29) is 29.5 Å². The molecule has 0 radical (unpaired) electrons. The Labute approximate surface area is 180 Å². The molecule has 1 aliphatic rings. The van der Waals surface area contributed by atoms with Crippen molar-refractivity contribution in [3.63, 3.8) is 0 Å². The van der Waals surface area contributed by atoms with Crippen LogP contribution in [-0.2, 0) is 7.05 Å². The second-order valence-electron chi connectivity index (χ2n) is 7.77. The van der Waals surface area contributed by atoms with Crippen LogP contribution < -0.4 is 15.8 Å². The van der Waals surface area contributed by atoms with Gasteiger partial charge in [0.1, 0.15) is 11.7 Å². The van der Waals surface area contributed by atoms with Crippen LogP contribution in [0.1, 0.15) is 46.4 Å². The van der Waals surface area contributed by atoms with Crippen LogP contribution in [0.4, 0.5) is 0 Å². The van der Waals surface area contributed by atoms with Crippen LogP contribution in [-0.4, -0.2) is 38.7 Å². The molecule has 2 amide bonds. The highest BCUT2D eigenvalue weighted by atomic mass is 16.5. The molecule has 0 unspecified atom stereocenters. The Morgan fingerprint density at radius 2 is 1.94 bits per heavy atom. The molecule has 8 nitrogen and oxygen atoms in total. The normalized spacial score (nSPS) is 18.4. The zero-order valence-electron chi connectivity index (χ0n) is 17.3. The van der Waals surface area contributed by atoms with E-state index < -0.39 is 5.91 Å². The molecule has 0 spiro atoms. The molecule has 3 aromatic rings. The Morgan fingerprint density at radius 1 is 1.13 bits per heavy atom. The molecule has 2 heterocycles. The van der Waals surface area contributed by atoms with Gasteiger partial charge in [-0.05, 0) is 55.5 Å². The number of rotatable bonds is 6. The highest BCUT2D eigenvalue weighted by Crippen LogP contribution is 2.25. The molecule has 0 bridgehead atoms. The highest BCUT2D eigenvalue weighted by Gasteiger charge is 2.25. The predicted octanol–water partition coefficient (Wildman–Crippen LogP) is 2.70. The van der Waals surface area contributed by atoms with Crippen LogP contribution in [0.25, 0.3) is 11.1 Å². The maximum Gasteiger partial charge on any atom is 0.254 e. The molecular formula is C23H25N5O3. The number of carbonyl (C=O) groups is 2. The predicted molar refractivity (Wildman–Crippen MR) is 116 cm³/mol. The first-order valence-corrected chi connectivity index (χ1v) is 10.3. The first-order valence-electron chi connectivity index (χ1n) is 10.3. The number of aryl methyl sites for hydroxylation is 1. The number of nitrogens with one attached hydrogen (secondary N) is 1. The van der Waals surface area contributed by atoms with E-state index in [1.807, 2.05) is 37.5 Å². The Hall–Kier alpha value is -3.68. The number of pyridine rings is 1. The molecule has 8 heteroatoms. The van der Waals surface area contributed by atoms with Crippen molar-refractivity contribution in [2.45, 2.75) is 37.8 Å². The zero-order valence-corrected chi connectivity index (χ0v) is 17.3. The van der Waals surface area contributed by atoms with Crippen molar-refractivity contribution in [1.82, 2.24) is 20.1 Å². The van der Waals surface area contributed by atoms with Crippen LogP contribution in [0.5, 0.6) is 5.88 Å². The monoisotopic (exact) mass is 419 g/mol. The fourth-order valence-electron chi connectivity index (χ4n) is 3.83. The van der Waals surface area contributed by atoms with Crippen molar-refractivity contribution in [2.24, 2.45) is 12.8 Å². The quantitative estimate of drug-likeness (QED) is 0.638. The smallest absolute Gasteiger partial charge is 0.254 e. The summed E-state index contributed by atoms with van der Waals surface area (Å²) in [5.41, 5.74) is 8.23. The third-order valence-corrected chi connectivity index (χ3v) is 5.49. The summed E-state index contributed by atoms with van der Waals surface area (Å²) in [6, 6.07) is 10.9. The van der Waals surface area contributed by atoms with Crippen molar-refractivity contribution in [3.05, 3.63) is 66.1 Å². The fourth-order valence-corrected chi connectivity index (χ4v) is 3.83. The maximum atomic E-state index is 12.8. The highest BCUT2D eigenvalue weighted by molar-refractivity contribution is 5.96. The Bertz CT molecular complexity index is 1090. The second-order valence-corrected chi connectivity index (χ2v) is 7.77. The molecule has 2 aromatic heterocycles. The number of ether oxygens (including phenoxy) is 1. The minimum absolute atomic E-state index is 0.0601. The van der Waals surface area contributed by atoms with E-state index in [1.54, 1.807) is 29.2 Å². The second kappa shape index (κ2) is 8.99. The van der Waals surface area contributed by atoms with Gasteiger partial charge in [-0.3, -0.25) is 14.3 Å². The van der Waals surface area contributed by atoms with E-state index in [1.165, 1.54) is 0 Å². The largest absolute Gasteiger partial charge is 0.474 e. The molecule has 1 aliphatic carbocycles. The van der Waals surface area contributed by atoms with Gasteiger partial charge in [-0.25, -0.2) is 4.98 Å². The van der Waals surface area contributed by atoms with Gasteiger partial charge >= 0.3 is 0 Å². The van der Waals surface area contributed by atoms with Gasteiger partial charge < -0.3 is 15.8 Å². The SMILES string of the molecule is Cn1cc(-c2cccc(C(=O)N[C@H]3CC[C@H](Oc4ncccc4C(N)=O)CC3)c2)cn1. The van der Waals surface area contributed by atoms with Gasteiger partial charge in [-0.15, -0.1) is 0 Å². The van der Waals surface area contributed by atoms with Gasteiger partial charge in [0, 0.05) is 36.6 Å². The third kappa shape index (κ3) is 4.91. The molecular weight excluding hydrogens is 394 g/mol. The summed E-state index contributed by atoms with van der Waals surface area (Å²) in [5.74, 6) is -0.372. The van der Waals surface area contributed by atoms with Crippen LogP contribution >= 0.6 is 0 Å². The third-order valence-electron chi connectivity index (χ3n) is 5.49. The van der Waals surface area contributed by atoms with Gasteiger partial charge in [0.2, 0.25) is 5.88 Å². The topological polar surface area (TPSA) is 112 Å². The molecule has 1 saturated carbocycles. The van der Waals surface area contributed by atoms with Crippen molar-refractivity contribution >= 4 is 11.8 Å². The fraction of sp³-hybridized carbons (Fsp3) is 0.304. The summed E-state index contributed by atoms with van der Waals surface area (Å²) < 4.78 is 7.66. The molecule has 3 N–H and O–H groups in total. The van der Waals surface area contributed by atoms with Crippen molar-refractivity contribution in [3.8, 4) is 17.0 Å². The standard InChI is InChI=1S/C23H25N5O3/c1-28-14-17(13-26-28)15-4-2-5-16(12-15)22(30)27-18-7-9-19(10-8-18)31-23-20(21(24)29)6-3-11-25-23/h2-6,11-14,18-19H,7-10H2,1H3,(H2,24,29)(H,27,30)/t18-,19-. The number of benzene rings is 1. The molecule has 1 aromatic carbocycles. The lowest BCUT2D eigenvalue weighted by molar-refractivity contribution is 0.0881.